The average molecular weight is 283 g/mol. The summed E-state index contributed by atoms with van der Waals surface area (Å²) < 4.78 is 29.9. The van der Waals surface area contributed by atoms with Crippen LogP contribution < -0.4 is 5.32 Å². The molecular weight excluding hydrogens is 272 g/mol. The maximum Gasteiger partial charge on any atom is 0.288 e. The summed E-state index contributed by atoms with van der Waals surface area (Å²) in [7, 11) is 0. The third-order valence-corrected chi connectivity index (χ3v) is 3.14. The fourth-order valence-electron chi connectivity index (χ4n) is 1.53. The first-order valence-electron chi connectivity index (χ1n) is 5.51. The average Bonchev–Trinajstić information content (AvgIpc) is 2.89. The van der Waals surface area contributed by atoms with Gasteiger partial charge in [-0.3, -0.25) is 4.79 Å². The van der Waals surface area contributed by atoms with Crippen LogP contribution in [0, 0.1) is 0 Å². The fraction of sp³-hybridized carbons (Fsp3) is 0.154. The lowest BCUT2D eigenvalue weighted by Gasteiger charge is -2.08. The van der Waals surface area contributed by atoms with Gasteiger partial charge in [-0.25, -0.2) is 0 Å². The number of nitrogens with one attached hydrogen (secondary N) is 1. The molecule has 2 rings (SSSR count). The van der Waals surface area contributed by atoms with Crippen molar-refractivity contribution in [3.8, 4) is 0 Å². The maximum atomic E-state index is 12.4. The first kappa shape index (κ1) is 13.6. The zero-order chi connectivity index (χ0) is 13.7. The second-order valence-corrected chi connectivity index (χ2v) is 4.67. The molecule has 0 saturated heterocycles. The van der Waals surface area contributed by atoms with Crippen molar-refractivity contribution in [2.24, 2.45) is 0 Å². The lowest BCUT2D eigenvalue weighted by atomic mass is 10.2. The van der Waals surface area contributed by atoms with E-state index in [0.29, 0.717) is 17.5 Å². The third-order valence-electron chi connectivity index (χ3n) is 2.35. The predicted octanol–water partition coefficient (Wildman–Crippen LogP) is 3.52. The highest BCUT2D eigenvalue weighted by Gasteiger charge is 2.15. The zero-order valence-corrected chi connectivity index (χ0v) is 10.6. The highest BCUT2D eigenvalue weighted by atomic mass is 32.2. The minimum absolute atomic E-state index is 0.222. The molecule has 1 aromatic heterocycles. The number of thioether (sulfide) groups is 1. The molecule has 100 valence electrons. The van der Waals surface area contributed by atoms with Crippen LogP contribution in [-0.2, 0) is 6.54 Å². The zero-order valence-electron chi connectivity index (χ0n) is 9.81. The Kier molecular flexibility index (Phi) is 4.57. The Bertz CT molecular complexity index is 543. The van der Waals surface area contributed by atoms with Crippen LogP contribution in [0.3, 0.4) is 0 Å². The van der Waals surface area contributed by atoms with Crippen molar-refractivity contribution in [1.82, 2.24) is 5.32 Å². The number of furan rings is 1. The normalized spacial score (nSPS) is 10.7. The van der Waals surface area contributed by atoms with Crippen LogP contribution in [0.25, 0.3) is 0 Å². The van der Waals surface area contributed by atoms with Gasteiger partial charge in [-0.1, -0.05) is 23.9 Å². The van der Waals surface area contributed by atoms with Crippen LogP contribution in [0.15, 0.2) is 52.0 Å². The van der Waals surface area contributed by atoms with E-state index in [4.69, 9.17) is 4.42 Å². The molecule has 6 heteroatoms. The Hall–Kier alpha value is -1.82. The quantitative estimate of drug-likeness (QED) is 0.854. The van der Waals surface area contributed by atoms with E-state index in [9.17, 15) is 13.6 Å². The van der Waals surface area contributed by atoms with E-state index in [-0.39, 0.29) is 17.0 Å². The first-order valence-corrected chi connectivity index (χ1v) is 6.39. The number of alkyl halides is 2. The Morgan fingerprint density at radius 2 is 2.05 bits per heavy atom. The number of amides is 1. The molecule has 0 atom stereocenters. The van der Waals surface area contributed by atoms with Gasteiger partial charge in [0.25, 0.3) is 11.7 Å². The Morgan fingerprint density at radius 1 is 1.26 bits per heavy atom. The van der Waals surface area contributed by atoms with Crippen molar-refractivity contribution >= 4 is 17.7 Å². The monoisotopic (exact) mass is 283 g/mol. The number of carbonyl (C=O) groups excluding carboxylic acids is 1. The molecule has 3 nitrogen and oxygen atoms in total. The Balaban J connectivity index is 2.06. The molecule has 0 radical (unpaired) electrons. The summed E-state index contributed by atoms with van der Waals surface area (Å²) in [6, 6.07) is 9.70. The van der Waals surface area contributed by atoms with Crippen LogP contribution >= 0.6 is 11.8 Å². The van der Waals surface area contributed by atoms with Crippen LogP contribution in [0.1, 0.15) is 16.1 Å². The molecule has 0 saturated carbocycles. The van der Waals surface area contributed by atoms with Gasteiger partial charge in [0.15, 0.2) is 0 Å². The summed E-state index contributed by atoms with van der Waals surface area (Å²) in [6.45, 7) is 0.222. The molecule has 1 N–H and O–H groups in total. The molecule has 0 fully saturated rings. The number of hydrogen-bond acceptors (Lipinski definition) is 3. The van der Waals surface area contributed by atoms with E-state index in [2.05, 4.69) is 5.32 Å². The van der Waals surface area contributed by atoms with Gasteiger partial charge in [0.1, 0.15) is 5.76 Å². The standard InChI is InChI=1S/C13H11F2NO2S/c14-13(15)19-11-6-2-1-5-10(11)12(17)16-8-9-4-3-7-18-9/h1-7,13H,8H2,(H,16,17). The summed E-state index contributed by atoms with van der Waals surface area (Å²) in [4.78, 5) is 12.2. The topological polar surface area (TPSA) is 42.2 Å². The largest absolute Gasteiger partial charge is 0.467 e. The first-order chi connectivity index (χ1) is 9.16. The van der Waals surface area contributed by atoms with Gasteiger partial charge in [0.05, 0.1) is 18.4 Å². The van der Waals surface area contributed by atoms with E-state index in [1.165, 1.54) is 18.4 Å². The van der Waals surface area contributed by atoms with Gasteiger partial charge in [-0.05, 0) is 24.3 Å². The van der Waals surface area contributed by atoms with Crippen molar-refractivity contribution in [2.75, 3.05) is 0 Å². The number of rotatable bonds is 5. The minimum Gasteiger partial charge on any atom is -0.467 e. The summed E-state index contributed by atoms with van der Waals surface area (Å²) in [6.07, 6.45) is 1.50. The molecule has 19 heavy (non-hydrogen) atoms. The lowest BCUT2D eigenvalue weighted by Crippen LogP contribution is -2.23. The summed E-state index contributed by atoms with van der Waals surface area (Å²) in [5.41, 5.74) is 0.236. The third kappa shape index (κ3) is 3.82. The van der Waals surface area contributed by atoms with Gasteiger partial charge >= 0.3 is 0 Å². The van der Waals surface area contributed by atoms with Crippen molar-refractivity contribution < 1.29 is 18.0 Å². The van der Waals surface area contributed by atoms with Crippen LogP contribution in [0.4, 0.5) is 8.78 Å². The van der Waals surface area contributed by atoms with Crippen molar-refractivity contribution in [2.45, 2.75) is 17.2 Å². The number of halogens is 2. The van der Waals surface area contributed by atoms with Gasteiger partial charge in [0.2, 0.25) is 0 Å². The molecule has 1 amide bonds. The molecule has 1 aromatic carbocycles. The van der Waals surface area contributed by atoms with E-state index >= 15 is 0 Å². The number of benzene rings is 1. The van der Waals surface area contributed by atoms with Crippen molar-refractivity contribution in [3.63, 3.8) is 0 Å². The molecule has 0 aliphatic carbocycles. The molecular formula is C13H11F2NO2S. The van der Waals surface area contributed by atoms with E-state index in [1.807, 2.05) is 0 Å². The molecule has 0 spiro atoms. The minimum atomic E-state index is -2.56. The molecule has 0 unspecified atom stereocenters. The van der Waals surface area contributed by atoms with E-state index in [1.54, 1.807) is 24.3 Å². The second-order valence-electron chi connectivity index (χ2n) is 3.64. The highest BCUT2D eigenvalue weighted by Crippen LogP contribution is 2.28. The summed E-state index contributed by atoms with van der Waals surface area (Å²) >= 11 is 0.359. The number of hydrogen-bond donors (Lipinski definition) is 1. The molecule has 0 aliphatic heterocycles. The SMILES string of the molecule is O=C(NCc1ccco1)c1ccccc1SC(F)F. The van der Waals surface area contributed by atoms with Gasteiger partial charge in [-0.15, -0.1) is 0 Å². The Morgan fingerprint density at radius 3 is 2.74 bits per heavy atom. The van der Waals surface area contributed by atoms with Gasteiger partial charge in [-0.2, -0.15) is 8.78 Å². The highest BCUT2D eigenvalue weighted by molar-refractivity contribution is 7.99. The van der Waals surface area contributed by atoms with Crippen LogP contribution in [-0.4, -0.2) is 11.7 Å². The maximum absolute atomic E-state index is 12.4. The summed E-state index contributed by atoms with van der Waals surface area (Å²) in [5.74, 6) is -2.36. The smallest absolute Gasteiger partial charge is 0.288 e. The fourth-order valence-corrected chi connectivity index (χ4v) is 2.17. The van der Waals surface area contributed by atoms with Crippen LogP contribution in [0.5, 0.6) is 0 Å². The lowest BCUT2D eigenvalue weighted by molar-refractivity contribution is 0.0945. The predicted molar refractivity (Wildman–Crippen MR) is 68.2 cm³/mol. The Labute approximate surface area is 113 Å². The molecule has 1 heterocycles. The van der Waals surface area contributed by atoms with Gasteiger partial charge in [0, 0.05) is 4.90 Å². The molecule has 2 aromatic rings. The number of carbonyl (C=O) groups is 1. The van der Waals surface area contributed by atoms with Crippen molar-refractivity contribution in [1.29, 1.82) is 0 Å². The van der Waals surface area contributed by atoms with Gasteiger partial charge < -0.3 is 9.73 Å². The molecule has 0 bridgehead atoms. The molecule has 0 aliphatic rings. The van der Waals surface area contributed by atoms with E-state index in [0.717, 1.165) is 0 Å². The van der Waals surface area contributed by atoms with Crippen LogP contribution in [0.2, 0.25) is 0 Å². The summed E-state index contributed by atoms with van der Waals surface area (Å²) in [5, 5.41) is 2.62. The van der Waals surface area contributed by atoms with E-state index < -0.39 is 11.7 Å². The second kappa shape index (κ2) is 6.38. The van der Waals surface area contributed by atoms with Crippen molar-refractivity contribution in [3.05, 3.63) is 54.0 Å².